The van der Waals surface area contributed by atoms with E-state index in [2.05, 4.69) is 5.32 Å². The lowest BCUT2D eigenvalue weighted by molar-refractivity contribution is -0.124. The first-order valence-corrected chi connectivity index (χ1v) is 12.2. The highest BCUT2D eigenvalue weighted by Crippen LogP contribution is 2.56. The second-order valence-corrected chi connectivity index (χ2v) is 10.0. The molecule has 0 saturated carbocycles. The first-order valence-electron chi connectivity index (χ1n) is 11.2. The van der Waals surface area contributed by atoms with Crippen molar-refractivity contribution in [3.8, 4) is 0 Å². The molecule has 1 spiro atoms. The highest BCUT2D eigenvalue weighted by molar-refractivity contribution is 8.02. The molecule has 2 heterocycles. The molecule has 1 N–H and O–H groups in total. The number of thioether (sulfide) groups is 1. The van der Waals surface area contributed by atoms with E-state index in [4.69, 9.17) is 0 Å². The number of amides is 3. The van der Waals surface area contributed by atoms with Gasteiger partial charge in [0.05, 0.1) is 11.4 Å². The summed E-state index contributed by atoms with van der Waals surface area (Å²) in [4.78, 5) is 41.8. The van der Waals surface area contributed by atoms with Gasteiger partial charge < -0.3 is 5.32 Å². The fraction of sp³-hybridized carbons (Fsp3) is 0.222. The summed E-state index contributed by atoms with van der Waals surface area (Å²) in [6, 6.07) is 16.8. The molecule has 0 aliphatic carbocycles. The third-order valence-electron chi connectivity index (χ3n) is 6.42. The Morgan fingerprint density at radius 2 is 1.77 bits per heavy atom. The Hall–Kier alpha value is -3.65. The van der Waals surface area contributed by atoms with Crippen molar-refractivity contribution in [2.75, 3.05) is 27.4 Å². The molecule has 3 aromatic carbocycles. The number of carbonyl (C=O) groups is 3. The van der Waals surface area contributed by atoms with Crippen molar-refractivity contribution in [1.82, 2.24) is 0 Å². The van der Waals surface area contributed by atoms with E-state index in [0.717, 1.165) is 16.7 Å². The van der Waals surface area contributed by atoms with Crippen molar-refractivity contribution in [3.05, 3.63) is 88.7 Å². The third kappa shape index (κ3) is 3.69. The highest BCUT2D eigenvalue weighted by atomic mass is 32.2. The molecule has 8 heteroatoms. The van der Waals surface area contributed by atoms with Gasteiger partial charge in [0.2, 0.25) is 16.7 Å². The topological polar surface area (TPSA) is 69.7 Å². The van der Waals surface area contributed by atoms with Crippen molar-refractivity contribution >= 4 is 46.5 Å². The number of nitrogens with zero attached hydrogens (tertiary/aromatic N) is 2. The summed E-state index contributed by atoms with van der Waals surface area (Å²) < 4.78 is 13.6. The largest absolute Gasteiger partial charge is 0.324 e. The molecule has 2 aliphatic rings. The molecule has 2 aliphatic heterocycles. The molecule has 1 fully saturated rings. The van der Waals surface area contributed by atoms with Gasteiger partial charge in [-0.25, -0.2) is 4.39 Å². The summed E-state index contributed by atoms with van der Waals surface area (Å²) in [6.07, 6.45) is 0. The van der Waals surface area contributed by atoms with Crippen LogP contribution in [0.2, 0.25) is 0 Å². The maximum Gasteiger partial charge on any atom is 0.269 e. The van der Waals surface area contributed by atoms with Gasteiger partial charge in [0.1, 0.15) is 12.4 Å². The summed E-state index contributed by atoms with van der Waals surface area (Å²) in [5.41, 5.74) is 5.24. The standard InChI is InChI=1S/C27H24FN3O3S/c1-16-7-12-22(18(3)13-16)29-23(32)14-30-25-17(2)5-4-6-21(25)27(26(30)34)31(24(33)15-35-27)20-10-8-19(28)9-11-20/h4-13H,14-15H2,1-3H3,(H,29,32). The maximum atomic E-state index is 14.1. The number of aryl methyl sites for hydroxylation is 3. The smallest absolute Gasteiger partial charge is 0.269 e. The highest BCUT2D eigenvalue weighted by Gasteiger charge is 2.61. The van der Waals surface area contributed by atoms with Crippen LogP contribution in [-0.4, -0.2) is 30.0 Å². The number of halogens is 1. The molecule has 3 amide bonds. The second kappa shape index (κ2) is 8.53. The third-order valence-corrected chi connectivity index (χ3v) is 7.81. The van der Waals surface area contributed by atoms with Gasteiger partial charge in [0, 0.05) is 16.9 Å². The number of benzene rings is 3. The van der Waals surface area contributed by atoms with E-state index in [1.807, 2.05) is 57.2 Å². The molecular weight excluding hydrogens is 465 g/mol. The van der Waals surface area contributed by atoms with Crippen molar-refractivity contribution in [2.24, 2.45) is 0 Å². The Kier molecular flexibility index (Phi) is 5.63. The van der Waals surface area contributed by atoms with E-state index in [-0.39, 0.29) is 30.0 Å². The summed E-state index contributed by atoms with van der Waals surface area (Å²) in [5, 5.41) is 2.91. The van der Waals surface area contributed by atoms with Gasteiger partial charge in [-0.1, -0.05) is 35.9 Å². The van der Waals surface area contributed by atoms with E-state index >= 15 is 0 Å². The fourth-order valence-electron chi connectivity index (χ4n) is 4.87. The minimum atomic E-state index is -1.35. The quantitative estimate of drug-likeness (QED) is 0.578. The second-order valence-electron chi connectivity index (χ2n) is 8.87. The van der Waals surface area contributed by atoms with Crippen LogP contribution in [0.15, 0.2) is 60.7 Å². The van der Waals surface area contributed by atoms with Gasteiger partial charge in [-0.3, -0.25) is 24.2 Å². The Balaban J connectivity index is 1.54. The lowest BCUT2D eigenvalue weighted by atomic mass is 10.0. The van der Waals surface area contributed by atoms with Gasteiger partial charge in [-0.05, 0) is 62.2 Å². The summed E-state index contributed by atoms with van der Waals surface area (Å²) >= 11 is 1.23. The number of anilines is 3. The lowest BCUT2D eigenvalue weighted by Gasteiger charge is -2.33. The molecule has 0 bridgehead atoms. The summed E-state index contributed by atoms with van der Waals surface area (Å²) in [5.74, 6) is -1.28. The Labute approximate surface area is 207 Å². The zero-order valence-electron chi connectivity index (χ0n) is 19.6. The number of para-hydroxylation sites is 1. The van der Waals surface area contributed by atoms with Gasteiger partial charge >= 0.3 is 0 Å². The predicted octanol–water partition coefficient (Wildman–Crippen LogP) is 4.67. The predicted molar refractivity (Wildman–Crippen MR) is 136 cm³/mol. The molecule has 1 unspecified atom stereocenters. The first-order chi connectivity index (χ1) is 16.7. The molecular formula is C27H24FN3O3S. The van der Waals surface area contributed by atoms with Gasteiger partial charge in [-0.2, -0.15) is 0 Å². The van der Waals surface area contributed by atoms with Crippen molar-refractivity contribution in [3.63, 3.8) is 0 Å². The van der Waals surface area contributed by atoms with Crippen LogP contribution in [0.1, 0.15) is 22.3 Å². The van der Waals surface area contributed by atoms with Crippen molar-refractivity contribution in [2.45, 2.75) is 25.6 Å². The number of nitrogens with one attached hydrogen (secondary N) is 1. The molecule has 35 heavy (non-hydrogen) atoms. The summed E-state index contributed by atoms with van der Waals surface area (Å²) in [7, 11) is 0. The van der Waals surface area contributed by atoms with E-state index in [1.165, 1.54) is 45.8 Å². The van der Waals surface area contributed by atoms with Crippen LogP contribution in [0.4, 0.5) is 21.5 Å². The van der Waals surface area contributed by atoms with E-state index in [9.17, 15) is 18.8 Å². The van der Waals surface area contributed by atoms with Crippen LogP contribution < -0.4 is 15.1 Å². The van der Waals surface area contributed by atoms with Gasteiger partial charge in [-0.15, -0.1) is 11.8 Å². The number of hydrogen-bond acceptors (Lipinski definition) is 4. The van der Waals surface area contributed by atoms with Crippen LogP contribution in [0.5, 0.6) is 0 Å². The average Bonchev–Trinajstić information content (AvgIpc) is 3.28. The number of fused-ring (bicyclic) bond motifs is 2. The van der Waals surface area contributed by atoms with Crippen LogP contribution in [0.3, 0.4) is 0 Å². The zero-order valence-corrected chi connectivity index (χ0v) is 20.4. The van der Waals surface area contributed by atoms with Crippen LogP contribution in [-0.2, 0) is 19.3 Å². The van der Waals surface area contributed by atoms with E-state index in [1.54, 1.807) is 0 Å². The normalized spacial score (nSPS) is 19.0. The Morgan fingerprint density at radius 1 is 1.03 bits per heavy atom. The van der Waals surface area contributed by atoms with Crippen LogP contribution in [0.25, 0.3) is 0 Å². The molecule has 5 rings (SSSR count). The Bertz CT molecular complexity index is 1370. The van der Waals surface area contributed by atoms with Crippen LogP contribution >= 0.6 is 11.8 Å². The molecule has 6 nitrogen and oxygen atoms in total. The molecule has 178 valence electrons. The molecule has 1 saturated heterocycles. The van der Waals surface area contributed by atoms with Crippen molar-refractivity contribution in [1.29, 1.82) is 0 Å². The Morgan fingerprint density at radius 3 is 2.49 bits per heavy atom. The number of hydrogen-bond donors (Lipinski definition) is 1. The van der Waals surface area contributed by atoms with Crippen LogP contribution in [0, 0.1) is 26.6 Å². The van der Waals surface area contributed by atoms with Crippen molar-refractivity contribution < 1.29 is 18.8 Å². The first kappa shape index (κ1) is 23.1. The van der Waals surface area contributed by atoms with Gasteiger partial charge in [0.25, 0.3) is 5.91 Å². The van der Waals surface area contributed by atoms with E-state index in [0.29, 0.717) is 22.6 Å². The molecule has 3 aromatic rings. The number of carbonyl (C=O) groups excluding carboxylic acids is 3. The average molecular weight is 490 g/mol. The number of rotatable bonds is 4. The molecule has 0 aromatic heterocycles. The SMILES string of the molecule is Cc1ccc(NC(=O)CN2C(=O)C3(SCC(=O)N3c3ccc(F)cc3)c3cccc(C)c32)c(C)c1. The van der Waals surface area contributed by atoms with E-state index < -0.39 is 10.7 Å². The zero-order chi connectivity index (χ0) is 24.9. The fourth-order valence-corrected chi connectivity index (χ4v) is 6.22. The lowest BCUT2D eigenvalue weighted by Crippen LogP contribution is -2.50. The molecule has 0 radical (unpaired) electrons. The minimum Gasteiger partial charge on any atom is -0.324 e. The molecule has 1 atom stereocenters. The minimum absolute atomic E-state index is 0.0963. The van der Waals surface area contributed by atoms with Gasteiger partial charge in [0.15, 0.2) is 0 Å². The monoisotopic (exact) mass is 489 g/mol. The maximum absolute atomic E-state index is 14.1. The summed E-state index contributed by atoms with van der Waals surface area (Å²) in [6.45, 7) is 5.58.